The molecule has 0 saturated heterocycles. The highest BCUT2D eigenvalue weighted by Crippen LogP contribution is 2.23. The lowest BCUT2D eigenvalue weighted by Crippen LogP contribution is -2.37. The molecule has 0 spiro atoms. The van der Waals surface area contributed by atoms with Crippen molar-refractivity contribution in [3.05, 3.63) is 48.2 Å². The van der Waals surface area contributed by atoms with Crippen LogP contribution in [-0.2, 0) is 6.54 Å². The number of methoxy groups -OCH3 is 1. The summed E-state index contributed by atoms with van der Waals surface area (Å²) in [5, 5.41) is 6.60. The predicted molar refractivity (Wildman–Crippen MR) is 120 cm³/mol. The van der Waals surface area contributed by atoms with Gasteiger partial charge in [-0.1, -0.05) is 31.9 Å². The number of aliphatic imine (C=N–C) groups is 1. The van der Waals surface area contributed by atoms with Crippen molar-refractivity contribution in [1.82, 2.24) is 15.6 Å². The van der Waals surface area contributed by atoms with Gasteiger partial charge in [-0.2, -0.15) is 0 Å². The summed E-state index contributed by atoms with van der Waals surface area (Å²) in [6, 6.07) is 11.3. The molecule has 0 atom stereocenters. The van der Waals surface area contributed by atoms with E-state index in [4.69, 9.17) is 9.47 Å². The van der Waals surface area contributed by atoms with Gasteiger partial charge in [0, 0.05) is 38.5 Å². The molecule has 7 heteroatoms. The van der Waals surface area contributed by atoms with E-state index in [2.05, 4.69) is 27.5 Å². The molecule has 2 rings (SSSR count). The summed E-state index contributed by atoms with van der Waals surface area (Å²) < 4.78 is 10.9. The molecule has 0 aliphatic heterocycles. The number of halogens is 1. The fourth-order valence-electron chi connectivity index (χ4n) is 2.35. The van der Waals surface area contributed by atoms with Crippen LogP contribution in [0, 0.1) is 0 Å². The third-order valence-electron chi connectivity index (χ3n) is 3.82. The lowest BCUT2D eigenvalue weighted by Gasteiger charge is -2.12. The highest BCUT2D eigenvalue weighted by atomic mass is 127. The van der Waals surface area contributed by atoms with Crippen LogP contribution in [0.3, 0.4) is 0 Å². The van der Waals surface area contributed by atoms with Gasteiger partial charge >= 0.3 is 0 Å². The Hall–Kier alpha value is -2.03. The monoisotopic (exact) mass is 484 g/mol. The number of nitrogens with zero attached hydrogens (tertiary/aromatic N) is 2. The maximum atomic E-state index is 5.75. The van der Waals surface area contributed by atoms with E-state index in [0.29, 0.717) is 18.2 Å². The lowest BCUT2D eigenvalue weighted by atomic mass is 10.2. The quantitative estimate of drug-likeness (QED) is 0.240. The van der Waals surface area contributed by atoms with Crippen LogP contribution < -0.4 is 20.1 Å². The molecule has 148 valence electrons. The smallest absolute Gasteiger partial charge is 0.219 e. The Morgan fingerprint density at radius 1 is 1.11 bits per heavy atom. The molecule has 1 aromatic heterocycles. The van der Waals surface area contributed by atoms with E-state index in [-0.39, 0.29) is 24.0 Å². The number of rotatable bonds is 9. The van der Waals surface area contributed by atoms with Crippen LogP contribution in [0.4, 0.5) is 0 Å². The minimum absolute atomic E-state index is 0. The van der Waals surface area contributed by atoms with Gasteiger partial charge in [-0.3, -0.25) is 4.99 Å². The first-order valence-electron chi connectivity index (χ1n) is 8.96. The molecule has 0 amide bonds. The standard InChI is InChI=1S/C20H28N4O2.HI/c1-4-5-6-12-22-20(21-2)24-15-16-10-11-19(23-14-16)26-18-9-7-8-17(13-18)25-3;/h7-11,13-14H,4-6,12,15H2,1-3H3,(H2,21,22,24);1H. The molecule has 0 saturated carbocycles. The number of ether oxygens (including phenoxy) is 2. The van der Waals surface area contributed by atoms with Crippen molar-refractivity contribution in [2.45, 2.75) is 32.7 Å². The molecule has 0 unspecified atom stereocenters. The second-order valence-corrected chi connectivity index (χ2v) is 5.85. The van der Waals surface area contributed by atoms with Gasteiger partial charge in [-0.15, -0.1) is 24.0 Å². The van der Waals surface area contributed by atoms with Crippen LogP contribution in [0.1, 0.15) is 31.7 Å². The maximum absolute atomic E-state index is 5.75. The first-order valence-corrected chi connectivity index (χ1v) is 8.96. The highest BCUT2D eigenvalue weighted by molar-refractivity contribution is 14.0. The van der Waals surface area contributed by atoms with Crippen LogP contribution in [0.15, 0.2) is 47.6 Å². The zero-order valence-electron chi connectivity index (χ0n) is 16.2. The largest absolute Gasteiger partial charge is 0.497 e. The van der Waals surface area contributed by atoms with Gasteiger partial charge in [0.2, 0.25) is 5.88 Å². The summed E-state index contributed by atoms with van der Waals surface area (Å²) in [6.45, 7) is 3.78. The molecule has 2 N–H and O–H groups in total. The van der Waals surface area contributed by atoms with Crippen LogP contribution >= 0.6 is 24.0 Å². The van der Waals surface area contributed by atoms with Gasteiger partial charge in [0.05, 0.1) is 7.11 Å². The van der Waals surface area contributed by atoms with Crippen molar-refractivity contribution in [1.29, 1.82) is 0 Å². The average molecular weight is 484 g/mol. The maximum Gasteiger partial charge on any atom is 0.219 e. The third kappa shape index (κ3) is 8.47. The molecule has 0 bridgehead atoms. The summed E-state index contributed by atoms with van der Waals surface area (Å²) >= 11 is 0. The number of benzene rings is 1. The van der Waals surface area contributed by atoms with Crippen molar-refractivity contribution in [2.24, 2.45) is 4.99 Å². The molecular weight excluding hydrogens is 455 g/mol. The van der Waals surface area contributed by atoms with Crippen LogP contribution in [0.25, 0.3) is 0 Å². The Labute approximate surface area is 178 Å². The molecule has 0 fully saturated rings. The average Bonchev–Trinajstić information content (AvgIpc) is 2.69. The number of unbranched alkanes of at least 4 members (excludes halogenated alkanes) is 2. The number of guanidine groups is 1. The summed E-state index contributed by atoms with van der Waals surface area (Å²) in [6.07, 6.45) is 5.38. The number of hydrogen-bond acceptors (Lipinski definition) is 4. The number of pyridine rings is 1. The van der Waals surface area contributed by atoms with Crippen LogP contribution in [0.5, 0.6) is 17.4 Å². The van der Waals surface area contributed by atoms with Crippen molar-refractivity contribution in [3.8, 4) is 17.4 Å². The van der Waals surface area contributed by atoms with Crippen LogP contribution in [-0.4, -0.2) is 31.6 Å². The fraction of sp³-hybridized carbons (Fsp3) is 0.400. The Kier molecular flexibility index (Phi) is 11.2. The molecule has 0 aliphatic rings. The van der Waals surface area contributed by atoms with E-state index in [1.54, 1.807) is 20.4 Å². The van der Waals surface area contributed by atoms with Crippen molar-refractivity contribution < 1.29 is 9.47 Å². The first kappa shape index (κ1) is 23.0. The Balaban J connectivity index is 0.00000364. The van der Waals surface area contributed by atoms with Crippen molar-refractivity contribution >= 4 is 29.9 Å². The second kappa shape index (κ2) is 13.2. The SMILES string of the molecule is CCCCCNC(=NC)NCc1ccc(Oc2cccc(OC)c2)nc1.I. The summed E-state index contributed by atoms with van der Waals surface area (Å²) in [5.41, 5.74) is 1.06. The first-order chi connectivity index (χ1) is 12.7. The van der Waals surface area contributed by atoms with Crippen molar-refractivity contribution in [3.63, 3.8) is 0 Å². The Morgan fingerprint density at radius 2 is 1.93 bits per heavy atom. The second-order valence-electron chi connectivity index (χ2n) is 5.85. The molecule has 2 aromatic rings. The molecule has 0 radical (unpaired) electrons. The van der Waals surface area contributed by atoms with Crippen molar-refractivity contribution in [2.75, 3.05) is 20.7 Å². The lowest BCUT2D eigenvalue weighted by molar-refractivity contribution is 0.407. The number of aromatic nitrogens is 1. The molecular formula is C20H29IN4O2. The van der Waals surface area contributed by atoms with Gasteiger partial charge in [0.25, 0.3) is 0 Å². The Bertz CT molecular complexity index is 693. The van der Waals surface area contributed by atoms with E-state index in [0.717, 1.165) is 30.2 Å². The van der Waals surface area contributed by atoms with E-state index >= 15 is 0 Å². The molecule has 0 aliphatic carbocycles. The molecule has 1 aromatic carbocycles. The summed E-state index contributed by atoms with van der Waals surface area (Å²) in [4.78, 5) is 8.58. The fourth-order valence-corrected chi connectivity index (χ4v) is 2.35. The van der Waals surface area contributed by atoms with Gasteiger partial charge in [-0.25, -0.2) is 4.98 Å². The Morgan fingerprint density at radius 3 is 2.59 bits per heavy atom. The minimum atomic E-state index is 0. The molecule has 1 heterocycles. The zero-order chi connectivity index (χ0) is 18.6. The number of hydrogen-bond donors (Lipinski definition) is 2. The number of nitrogens with one attached hydrogen (secondary N) is 2. The van der Waals surface area contributed by atoms with E-state index < -0.39 is 0 Å². The zero-order valence-corrected chi connectivity index (χ0v) is 18.5. The molecule has 6 nitrogen and oxygen atoms in total. The molecule has 27 heavy (non-hydrogen) atoms. The predicted octanol–water partition coefficient (Wildman–Crippen LogP) is 4.36. The van der Waals surface area contributed by atoms with Gasteiger partial charge in [-0.05, 0) is 24.1 Å². The highest BCUT2D eigenvalue weighted by Gasteiger charge is 2.02. The van der Waals surface area contributed by atoms with Crippen LogP contribution in [0.2, 0.25) is 0 Å². The topological polar surface area (TPSA) is 67.8 Å². The summed E-state index contributed by atoms with van der Waals surface area (Å²) in [5.74, 6) is 2.79. The normalized spacial score (nSPS) is 10.7. The van der Waals surface area contributed by atoms with Gasteiger partial charge in [0.15, 0.2) is 5.96 Å². The van der Waals surface area contributed by atoms with E-state index in [1.807, 2.05) is 36.4 Å². The van der Waals surface area contributed by atoms with E-state index in [9.17, 15) is 0 Å². The third-order valence-corrected chi connectivity index (χ3v) is 3.82. The minimum Gasteiger partial charge on any atom is -0.497 e. The summed E-state index contributed by atoms with van der Waals surface area (Å²) in [7, 11) is 3.41. The van der Waals surface area contributed by atoms with E-state index in [1.165, 1.54) is 12.8 Å². The van der Waals surface area contributed by atoms with Gasteiger partial charge < -0.3 is 20.1 Å². The van der Waals surface area contributed by atoms with Gasteiger partial charge in [0.1, 0.15) is 11.5 Å².